The molecule has 5 heteroatoms. The van der Waals surface area contributed by atoms with Crippen molar-refractivity contribution in [1.29, 1.82) is 0 Å². The number of likely N-dealkylation sites (tertiary alicyclic amines) is 1. The monoisotopic (exact) mass is 335 g/mol. The first-order chi connectivity index (χ1) is 10.8. The molecule has 1 fully saturated rings. The number of thioether (sulfide) groups is 1. The molecule has 126 valence electrons. The normalized spacial score (nSPS) is 18.8. The van der Waals surface area contributed by atoms with Gasteiger partial charge in [0.15, 0.2) is 0 Å². The fourth-order valence-electron chi connectivity index (χ4n) is 2.49. The van der Waals surface area contributed by atoms with Gasteiger partial charge in [0.1, 0.15) is 11.4 Å². The summed E-state index contributed by atoms with van der Waals surface area (Å²) in [4.78, 5) is 27.1. The van der Waals surface area contributed by atoms with E-state index in [1.54, 1.807) is 16.7 Å². The summed E-state index contributed by atoms with van der Waals surface area (Å²) in [7, 11) is 0. The number of piperidine rings is 1. The minimum Gasteiger partial charge on any atom is -0.444 e. The van der Waals surface area contributed by atoms with E-state index in [2.05, 4.69) is 12.1 Å². The van der Waals surface area contributed by atoms with E-state index in [-0.39, 0.29) is 17.8 Å². The van der Waals surface area contributed by atoms with Crippen molar-refractivity contribution >= 4 is 23.6 Å². The number of rotatable bonds is 4. The quantitative estimate of drug-likeness (QED) is 0.781. The van der Waals surface area contributed by atoms with Crippen molar-refractivity contribution in [3.05, 3.63) is 30.3 Å². The van der Waals surface area contributed by atoms with Gasteiger partial charge in [0.25, 0.3) is 0 Å². The number of nitrogens with zero attached hydrogens (tertiary/aromatic N) is 1. The highest BCUT2D eigenvalue weighted by atomic mass is 32.2. The SMILES string of the molecule is CC(C)(C)OC(=O)N1CCC(=O)C(CCSc2ccccc2)C1. The topological polar surface area (TPSA) is 46.6 Å². The Morgan fingerprint density at radius 3 is 2.65 bits per heavy atom. The van der Waals surface area contributed by atoms with Gasteiger partial charge in [-0.05, 0) is 45.1 Å². The molecule has 0 spiro atoms. The van der Waals surface area contributed by atoms with Crippen LogP contribution in [0.2, 0.25) is 0 Å². The molecule has 1 aliphatic rings. The molecule has 0 N–H and O–H groups in total. The third-order valence-corrected chi connectivity index (χ3v) is 4.70. The van der Waals surface area contributed by atoms with Crippen LogP contribution in [0.15, 0.2) is 35.2 Å². The zero-order chi connectivity index (χ0) is 16.9. The van der Waals surface area contributed by atoms with E-state index < -0.39 is 5.60 Å². The van der Waals surface area contributed by atoms with Gasteiger partial charge in [-0.2, -0.15) is 0 Å². The van der Waals surface area contributed by atoms with Gasteiger partial charge in [-0.15, -0.1) is 11.8 Å². The summed E-state index contributed by atoms with van der Waals surface area (Å²) >= 11 is 1.75. The maximum atomic E-state index is 12.1. The lowest BCUT2D eigenvalue weighted by Crippen LogP contribution is -2.46. The average molecular weight is 335 g/mol. The Labute approximate surface area is 142 Å². The molecule has 1 heterocycles. The van der Waals surface area contributed by atoms with E-state index in [0.29, 0.717) is 19.5 Å². The first-order valence-electron chi connectivity index (χ1n) is 8.03. The molecule has 4 nitrogen and oxygen atoms in total. The smallest absolute Gasteiger partial charge is 0.410 e. The van der Waals surface area contributed by atoms with Crippen molar-refractivity contribution in [2.24, 2.45) is 5.92 Å². The predicted molar refractivity (Wildman–Crippen MR) is 92.7 cm³/mol. The summed E-state index contributed by atoms with van der Waals surface area (Å²) in [5.74, 6) is 1.06. The van der Waals surface area contributed by atoms with Crippen LogP contribution in [0.5, 0.6) is 0 Å². The molecule has 1 saturated heterocycles. The van der Waals surface area contributed by atoms with Gasteiger partial charge in [0.2, 0.25) is 0 Å². The second-order valence-electron chi connectivity index (χ2n) is 6.79. The third-order valence-electron chi connectivity index (χ3n) is 3.65. The first-order valence-corrected chi connectivity index (χ1v) is 9.02. The van der Waals surface area contributed by atoms with Crippen molar-refractivity contribution < 1.29 is 14.3 Å². The second kappa shape index (κ2) is 7.86. The Bertz CT molecular complexity index is 539. The van der Waals surface area contributed by atoms with Gasteiger partial charge < -0.3 is 9.64 Å². The lowest BCUT2D eigenvalue weighted by atomic mass is 9.94. The Morgan fingerprint density at radius 2 is 2.00 bits per heavy atom. The molecule has 1 amide bonds. The van der Waals surface area contributed by atoms with Gasteiger partial charge >= 0.3 is 6.09 Å². The molecule has 1 aliphatic heterocycles. The summed E-state index contributed by atoms with van der Waals surface area (Å²) < 4.78 is 5.41. The van der Waals surface area contributed by atoms with Gasteiger partial charge in [-0.3, -0.25) is 4.79 Å². The number of carbonyl (C=O) groups excluding carboxylic acids is 2. The van der Waals surface area contributed by atoms with Crippen LogP contribution in [0.4, 0.5) is 4.79 Å². The molecule has 0 bridgehead atoms. The molecule has 1 aromatic carbocycles. The average Bonchev–Trinajstić information content (AvgIpc) is 2.48. The van der Waals surface area contributed by atoms with E-state index >= 15 is 0 Å². The Hall–Kier alpha value is -1.49. The highest BCUT2D eigenvalue weighted by Gasteiger charge is 2.31. The predicted octanol–water partition coefficient (Wildman–Crippen LogP) is 3.99. The van der Waals surface area contributed by atoms with E-state index in [1.807, 2.05) is 39.0 Å². The van der Waals surface area contributed by atoms with Crippen LogP contribution in [0, 0.1) is 5.92 Å². The largest absolute Gasteiger partial charge is 0.444 e. The highest BCUT2D eigenvalue weighted by molar-refractivity contribution is 7.99. The first kappa shape index (κ1) is 17.9. The molecule has 0 aliphatic carbocycles. The summed E-state index contributed by atoms with van der Waals surface area (Å²) in [5, 5.41) is 0. The number of hydrogen-bond acceptors (Lipinski definition) is 4. The summed E-state index contributed by atoms with van der Waals surface area (Å²) in [6.07, 6.45) is 0.906. The highest BCUT2D eigenvalue weighted by Crippen LogP contribution is 2.24. The number of ether oxygens (including phenoxy) is 1. The van der Waals surface area contributed by atoms with Crippen LogP contribution in [0.1, 0.15) is 33.6 Å². The Morgan fingerprint density at radius 1 is 1.30 bits per heavy atom. The van der Waals surface area contributed by atoms with E-state index in [4.69, 9.17) is 4.74 Å². The van der Waals surface area contributed by atoms with E-state index in [0.717, 1.165) is 12.2 Å². The number of ketones is 1. The summed E-state index contributed by atoms with van der Waals surface area (Å²) in [6.45, 7) is 6.51. The van der Waals surface area contributed by atoms with Gasteiger partial charge in [-0.1, -0.05) is 18.2 Å². The van der Waals surface area contributed by atoms with Crippen molar-refractivity contribution in [3.63, 3.8) is 0 Å². The van der Waals surface area contributed by atoms with Gasteiger partial charge in [-0.25, -0.2) is 4.79 Å². The van der Waals surface area contributed by atoms with E-state index in [9.17, 15) is 9.59 Å². The lowest BCUT2D eigenvalue weighted by Gasteiger charge is -2.33. The summed E-state index contributed by atoms with van der Waals surface area (Å²) in [6, 6.07) is 10.2. The minimum absolute atomic E-state index is 0.0764. The second-order valence-corrected chi connectivity index (χ2v) is 7.96. The lowest BCUT2D eigenvalue weighted by molar-refractivity contribution is -0.126. The maximum absolute atomic E-state index is 12.1. The van der Waals surface area contributed by atoms with Crippen molar-refractivity contribution in [1.82, 2.24) is 4.90 Å². The fraction of sp³-hybridized carbons (Fsp3) is 0.556. The molecular formula is C18H25NO3S. The molecule has 0 radical (unpaired) electrons. The maximum Gasteiger partial charge on any atom is 0.410 e. The van der Waals surface area contributed by atoms with Gasteiger partial charge in [0.05, 0.1) is 0 Å². The van der Waals surface area contributed by atoms with Crippen LogP contribution >= 0.6 is 11.8 Å². The number of Topliss-reactive ketones (excluding diaryl/α,β-unsaturated/α-hetero) is 1. The van der Waals surface area contributed by atoms with Crippen molar-refractivity contribution in [3.8, 4) is 0 Å². The zero-order valence-corrected chi connectivity index (χ0v) is 14.9. The minimum atomic E-state index is -0.503. The molecule has 0 saturated carbocycles. The standard InChI is InChI=1S/C18H25NO3S/c1-18(2,3)22-17(21)19-11-9-16(20)14(13-19)10-12-23-15-7-5-4-6-8-15/h4-8,14H,9-13H2,1-3H3. The van der Waals surface area contributed by atoms with Crippen molar-refractivity contribution in [2.75, 3.05) is 18.8 Å². The molecule has 1 atom stereocenters. The number of amides is 1. The molecule has 23 heavy (non-hydrogen) atoms. The van der Waals surface area contributed by atoms with Gasteiger partial charge in [0, 0.05) is 30.3 Å². The van der Waals surface area contributed by atoms with Crippen LogP contribution in [0.3, 0.4) is 0 Å². The Balaban J connectivity index is 1.83. The summed E-state index contributed by atoms with van der Waals surface area (Å²) in [5.41, 5.74) is -0.503. The molecule has 1 aromatic rings. The molecule has 1 unspecified atom stereocenters. The van der Waals surface area contributed by atoms with Crippen LogP contribution < -0.4 is 0 Å². The third kappa shape index (κ3) is 5.90. The molecule has 2 rings (SSSR count). The van der Waals surface area contributed by atoms with Crippen LogP contribution in [-0.2, 0) is 9.53 Å². The van der Waals surface area contributed by atoms with E-state index in [1.165, 1.54) is 4.90 Å². The van der Waals surface area contributed by atoms with Crippen molar-refractivity contribution in [2.45, 2.75) is 44.1 Å². The molecular weight excluding hydrogens is 310 g/mol. The zero-order valence-electron chi connectivity index (χ0n) is 14.1. The number of benzene rings is 1. The van der Waals surface area contributed by atoms with Crippen LogP contribution in [-0.4, -0.2) is 41.2 Å². The number of hydrogen-bond donors (Lipinski definition) is 0. The molecule has 0 aromatic heterocycles. The number of carbonyl (C=O) groups is 2. The fourth-order valence-corrected chi connectivity index (χ4v) is 3.48. The Kier molecular flexibility index (Phi) is 6.10. The van der Waals surface area contributed by atoms with Crippen LogP contribution in [0.25, 0.3) is 0 Å².